The number of nitrogens with zero attached hydrogens (tertiary/aromatic N) is 5. The number of H-pyrrole nitrogens is 1. The van der Waals surface area contributed by atoms with Crippen LogP contribution in [0.4, 0.5) is 5.95 Å². The van der Waals surface area contributed by atoms with Crippen molar-refractivity contribution < 1.29 is 9.53 Å². The molecule has 37 heavy (non-hydrogen) atoms. The monoisotopic (exact) mass is 518 g/mol. The number of benzene rings is 1. The van der Waals surface area contributed by atoms with Crippen molar-refractivity contribution >= 4 is 40.5 Å². The zero-order valence-electron chi connectivity index (χ0n) is 21.5. The quantitative estimate of drug-likeness (QED) is 0.139. The van der Waals surface area contributed by atoms with Gasteiger partial charge in [0.05, 0.1) is 12.9 Å². The normalized spacial score (nSPS) is 11.5. The van der Waals surface area contributed by atoms with Gasteiger partial charge in [0.25, 0.3) is 0 Å². The average molecular weight is 519 g/mol. The first-order valence-corrected chi connectivity index (χ1v) is 12.8. The van der Waals surface area contributed by atoms with Gasteiger partial charge in [0.1, 0.15) is 5.75 Å². The first-order chi connectivity index (χ1) is 17.8. The van der Waals surface area contributed by atoms with E-state index >= 15 is 0 Å². The number of nitrogens with one attached hydrogen (secondary N) is 3. The Bertz CT molecular complexity index is 1410. The molecule has 3 heterocycles. The van der Waals surface area contributed by atoms with Crippen LogP contribution >= 0.6 is 11.8 Å². The van der Waals surface area contributed by atoms with Gasteiger partial charge in [-0.05, 0) is 70.0 Å². The number of hydrogen-bond donors (Lipinski definition) is 3. The molecule has 0 bridgehead atoms. The fourth-order valence-electron chi connectivity index (χ4n) is 3.83. The van der Waals surface area contributed by atoms with E-state index in [9.17, 15) is 4.79 Å². The molecule has 0 saturated heterocycles. The minimum atomic E-state index is -0.236. The van der Waals surface area contributed by atoms with Gasteiger partial charge in [-0.15, -0.1) is 0 Å². The van der Waals surface area contributed by atoms with Crippen molar-refractivity contribution in [2.45, 2.75) is 39.3 Å². The highest BCUT2D eigenvalue weighted by Gasteiger charge is 2.12. The highest BCUT2D eigenvalue weighted by molar-refractivity contribution is 7.99. The van der Waals surface area contributed by atoms with E-state index in [0.717, 1.165) is 45.0 Å². The Hall–Kier alpha value is -3.99. The van der Waals surface area contributed by atoms with E-state index in [1.807, 2.05) is 64.2 Å². The molecule has 0 atom stereocenters. The molecule has 1 aromatic carbocycles. The number of amides is 1. The third-order valence-electron chi connectivity index (χ3n) is 5.39. The van der Waals surface area contributed by atoms with Gasteiger partial charge in [0.15, 0.2) is 5.16 Å². The van der Waals surface area contributed by atoms with E-state index in [1.54, 1.807) is 7.11 Å². The molecular formula is C26H30N8O2S. The molecule has 4 rings (SSSR count). The molecular weight excluding hydrogens is 488 g/mol. The molecule has 4 aromatic rings. The van der Waals surface area contributed by atoms with Crippen molar-refractivity contribution in [2.24, 2.45) is 4.99 Å². The molecule has 11 heteroatoms. The average Bonchev–Trinajstić information content (AvgIpc) is 3.23. The highest BCUT2D eigenvalue weighted by atomic mass is 32.2. The second-order valence-electron chi connectivity index (χ2n) is 8.58. The Balaban J connectivity index is 1.47. The number of fused-ring (bicyclic) bond motifs is 1. The van der Waals surface area contributed by atoms with Crippen LogP contribution in [-0.2, 0) is 11.2 Å². The molecule has 3 aromatic heterocycles. The number of methoxy groups -OCH3 is 1. The number of aromatic nitrogens is 5. The van der Waals surface area contributed by atoms with Crippen LogP contribution in [0.3, 0.4) is 0 Å². The Morgan fingerprint density at radius 3 is 2.35 bits per heavy atom. The molecule has 1 amide bonds. The largest absolute Gasteiger partial charge is 0.497 e. The Morgan fingerprint density at radius 2 is 1.68 bits per heavy atom. The summed E-state index contributed by atoms with van der Waals surface area (Å²) in [7, 11) is 1.65. The predicted molar refractivity (Wildman–Crippen MR) is 146 cm³/mol. The summed E-state index contributed by atoms with van der Waals surface area (Å²) >= 11 is 1.27. The van der Waals surface area contributed by atoms with Crippen LogP contribution in [0.1, 0.15) is 28.3 Å². The van der Waals surface area contributed by atoms with Crippen LogP contribution in [0, 0.1) is 27.7 Å². The van der Waals surface area contributed by atoms with E-state index in [-0.39, 0.29) is 17.6 Å². The molecule has 3 N–H and O–H groups in total. The van der Waals surface area contributed by atoms with Crippen molar-refractivity contribution in [3.8, 4) is 5.75 Å². The molecule has 0 saturated carbocycles. The zero-order valence-corrected chi connectivity index (χ0v) is 22.4. The standard InChI is InChI=1S/C26H30N8O2S/c1-15-10-16(2)30-25(29-15)34-24(33-23(35)14-37-26-31-17(3)11-18(4)32-26)27-9-8-19-13-28-22-7-6-20(36-5)12-21(19)22/h6-7,10-13,28H,8-9,14H2,1-5H3,(H2,27,29,30,33,34,35). The molecule has 192 valence electrons. The summed E-state index contributed by atoms with van der Waals surface area (Å²) < 4.78 is 5.36. The number of aromatic amines is 1. The van der Waals surface area contributed by atoms with Crippen LogP contribution in [0.25, 0.3) is 10.9 Å². The fourth-order valence-corrected chi connectivity index (χ4v) is 4.58. The van der Waals surface area contributed by atoms with E-state index in [0.29, 0.717) is 24.1 Å². The van der Waals surface area contributed by atoms with Crippen molar-refractivity contribution in [3.63, 3.8) is 0 Å². The number of hydrogen-bond acceptors (Lipinski definition) is 8. The first-order valence-electron chi connectivity index (χ1n) is 11.8. The fraction of sp³-hybridized carbons (Fsp3) is 0.308. The summed E-state index contributed by atoms with van der Waals surface area (Å²) in [4.78, 5) is 38.3. The zero-order chi connectivity index (χ0) is 26.4. The van der Waals surface area contributed by atoms with Crippen molar-refractivity contribution in [3.05, 3.63) is 64.9 Å². The summed E-state index contributed by atoms with van der Waals surface area (Å²) in [5, 5.41) is 7.57. The molecule has 0 spiro atoms. The molecule has 10 nitrogen and oxygen atoms in total. The summed E-state index contributed by atoms with van der Waals surface area (Å²) in [6, 6.07) is 9.69. The molecule has 0 radical (unpaired) electrons. The lowest BCUT2D eigenvalue weighted by Crippen LogP contribution is -2.38. The van der Waals surface area contributed by atoms with Crippen LogP contribution in [-0.4, -0.2) is 56.2 Å². The number of rotatable bonds is 8. The van der Waals surface area contributed by atoms with Gasteiger partial charge in [-0.25, -0.2) is 19.9 Å². The van der Waals surface area contributed by atoms with Crippen LogP contribution < -0.4 is 15.4 Å². The second kappa shape index (κ2) is 11.8. The molecule has 0 unspecified atom stereocenters. The van der Waals surface area contributed by atoms with Gasteiger partial charge in [-0.3, -0.25) is 20.4 Å². The molecule has 0 aliphatic carbocycles. The number of aryl methyl sites for hydroxylation is 4. The Morgan fingerprint density at radius 1 is 1.00 bits per heavy atom. The van der Waals surface area contributed by atoms with Crippen LogP contribution in [0.2, 0.25) is 0 Å². The van der Waals surface area contributed by atoms with Crippen LogP contribution in [0.5, 0.6) is 5.75 Å². The Kier molecular flexibility index (Phi) is 8.34. The van der Waals surface area contributed by atoms with E-state index in [4.69, 9.17) is 4.74 Å². The molecule has 0 fully saturated rings. The van der Waals surface area contributed by atoms with Gasteiger partial charge >= 0.3 is 0 Å². The number of thioether (sulfide) groups is 1. The SMILES string of the molecule is COc1ccc2[nH]cc(CCN=C(NC(=O)CSc3nc(C)cc(C)n3)Nc3nc(C)cc(C)n3)c2c1. The third-order valence-corrected chi connectivity index (χ3v) is 6.24. The van der Waals surface area contributed by atoms with Crippen molar-refractivity contribution in [1.29, 1.82) is 0 Å². The minimum Gasteiger partial charge on any atom is -0.497 e. The maximum absolute atomic E-state index is 12.8. The van der Waals surface area contributed by atoms with Gasteiger partial charge in [-0.2, -0.15) is 0 Å². The predicted octanol–water partition coefficient (Wildman–Crippen LogP) is 3.91. The maximum Gasteiger partial charge on any atom is 0.237 e. The van der Waals surface area contributed by atoms with Gasteiger partial charge in [0.2, 0.25) is 17.8 Å². The Labute approximate surface area is 219 Å². The molecule has 0 aliphatic heterocycles. The second-order valence-corrected chi connectivity index (χ2v) is 9.52. The van der Waals surface area contributed by atoms with E-state index < -0.39 is 0 Å². The first kappa shape index (κ1) is 26.1. The number of anilines is 1. The summed E-state index contributed by atoms with van der Waals surface area (Å²) in [5.74, 6) is 1.36. The molecule has 0 aliphatic rings. The number of ether oxygens (including phenoxy) is 1. The highest BCUT2D eigenvalue weighted by Crippen LogP contribution is 2.24. The van der Waals surface area contributed by atoms with Crippen LogP contribution in [0.15, 0.2) is 46.7 Å². The summed E-state index contributed by atoms with van der Waals surface area (Å²) in [6.45, 7) is 8.02. The lowest BCUT2D eigenvalue weighted by molar-refractivity contribution is -0.117. The van der Waals surface area contributed by atoms with Crippen molar-refractivity contribution in [2.75, 3.05) is 24.7 Å². The maximum atomic E-state index is 12.8. The van der Waals surface area contributed by atoms with E-state index in [1.165, 1.54) is 11.8 Å². The smallest absolute Gasteiger partial charge is 0.237 e. The summed E-state index contributed by atoms with van der Waals surface area (Å²) in [6.07, 6.45) is 2.63. The van der Waals surface area contributed by atoms with E-state index in [2.05, 4.69) is 40.5 Å². The number of guanidine groups is 1. The van der Waals surface area contributed by atoms with Gasteiger partial charge in [-0.1, -0.05) is 11.8 Å². The topological polar surface area (TPSA) is 130 Å². The van der Waals surface area contributed by atoms with Gasteiger partial charge < -0.3 is 9.72 Å². The number of carbonyl (C=O) groups is 1. The lowest BCUT2D eigenvalue weighted by atomic mass is 10.1. The number of aliphatic imine (C=N–C) groups is 1. The number of carbonyl (C=O) groups excluding carboxylic acids is 1. The van der Waals surface area contributed by atoms with Crippen molar-refractivity contribution in [1.82, 2.24) is 30.2 Å². The summed E-state index contributed by atoms with van der Waals surface area (Å²) in [5.41, 5.74) is 5.49. The lowest BCUT2D eigenvalue weighted by Gasteiger charge is -2.11. The minimum absolute atomic E-state index is 0.138. The van der Waals surface area contributed by atoms with Gasteiger partial charge in [0, 0.05) is 46.4 Å². The third kappa shape index (κ3) is 7.26.